The third kappa shape index (κ3) is 3.45. The zero-order valence-electron chi connectivity index (χ0n) is 17.9. The lowest BCUT2D eigenvalue weighted by Gasteiger charge is -2.52. The van der Waals surface area contributed by atoms with Crippen LogP contribution in [-0.4, -0.2) is 105 Å². The summed E-state index contributed by atoms with van der Waals surface area (Å²) >= 11 is 0. The number of methoxy groups -OCH3 is 2. The highest BCUT2D eigenvalue weighted by atomic mass is 16.7. The molecule has 0 aliphatic carbocycles. The van der Waals surface area contributed by atoms with Gasteiger partial charge in [-0.3, -0.25) is 19.4 Å². The Labute approximate surface area is 176 Å². The van der Waals surface area contributed by atoms with Gasteiger partial charge in [0, 0.05) is 52.2 Å². The smallest absolute Gasteiger partial charge is 0.432 e. The topological polar surface area (TPSA) is 94.6 Å². The van der Waals surface area contributed by atoms with Crippen molar-refractivity contribution in [1.82, 2.24) is 9.80 Å². The SMILES string of the molecule is COC[C@@]1(COC(=O)OC[C@]2(COC)C(=O)C3CCN2CC3)C(=O)C2CCN1CC2. The molecular formula is C21H32N2O7. The van der Waals surface area contributed by atoms with Crippen LogP contribution in [0.1, 0.15) is 25.7 Å². The first-order valence-electron chi connectivity index (χ1n) is 10.8. The van der Waals surface area contributed by atoms with Crippen molar-refractivity contribution in [3.05, 3.63) is 0 Å². The number of ether oxygens (including phenoxy) is 4. The highest BCUT2D eigenvalue weighted by molar-refractivity contribution is 5.93. The number of rotatable bonds is 8. The predicted molar refractivity (Wildman–Crippen MR) is 105 cm³/mol. The van der Waals surface area contributed by atoms with E-state index in [4.69, 9.17) is 18.9 Å². The molecule has 0 saturated carbocycles. The summed E-state index contributed by atoms with van der Waals surface area (Å²) in [5, 5.41) is 0. The molecule has 6 heterocycles. The summed E-state index contributed by atoms with van der Waals surface area (Å²) in [5.41, 5.74) is -1.88. The lowest BCUT2D eigenvalue weighted by Crippen LogP contribution is -2.70. The number of Topliss-reactive ketones (excluding diaryl/α,β-unsaturated/α-hetero) is 2. The van der Waals surface area contributed by atoms with Crippen LogP contribution in [0.4, 0.5) is 4.79 Å². The number of nitrogens with zero attached hydrogens (tertiary/aromatic N) is 2. The van der Waals surface area contributed by atoms with E-state index in [1.807, 2.05) is 0 Å². The van der Waals surface area contributed by atoms with Crippen molar-refractivity contribution >= 4 is 17.7 Å². The van der Waals surface area contributed by atoms with E-state index >= 15 is 0 Å². The van der Waals surface area contributed by atoms with Crippen molar-refractivity contribution in [3.8, 4) is 0 Å². The van der Waals surface area contributed by atoms with E-state index in [2.05, 4.69) is 9.80 Å². The Morgan fingerprint density at radius 3 is 1.43 bits per heavy atom. The van der Waals surface area contributed by atoms with Gasteiger partial charge < -0.3 is 18.9 Å². The Hall–Kier alpha value is -1.55. The van der Waals surface area contributed by atoms with Crippen LogP contribution in [0.2, 0.25) is 0 Å². The van der Waals surface area contributed by atoms with Crippen molar-refractivity contribution in [3.63, 3.8) is 0 Å². The molecule has 0 radical (unpaired) electrons. The average molecular weight is 424 g/mol. The Kier molecular flexibility index (Phi) is 6.16. The molecule has 6 rings (SSSR count). The Morgan fingerprint density at radius 1 is 0.767 bits per heavy atom. The summed E-state index contributed by atoms with van der Waals surface area (Å²) < 4.78 is 21.5. The molecule has 2 atom stereocenters. The van der Waals surface area contributed by atoms with Gasteiger partial charge in [0.05, 0.1) is 13.2 Å². The summed E-state index contributed by atoms with van der Waals surface area (Å²) in [5.74, 6) is 0.156. The summed E-state index contributed by atoms with van der Waals surface area (Å²) in [4.78, 5) is 42.5. The number of ketones is 2. The minimum atomic E-state index is -0.942. The predicted octanol–water partition coefficient (Wildman–Crippen LogP) is 0.499. The van der Waals surface area contributed by atoms with E-state index in [-0.39, 0.29) is 49.8 Å². The summed E-state index contributed by atoms with van der Waals surface area (Å²) in [7, 11) is 3.09. The van der Waals surface area contributed by atoms with Gasteiger partial charge in [0.1, 0.15) is 24.3 Å². The molecule has 0 N–H and O–H groups in total. The maximum absolute atomic E-state index is 13.0. The van der Waals surface area contributed by atoms with Gasteiger partial charge in [-0.05, 0) is 25.7 Å². The van der Waals surface area contributed by atoms with Gasteiger partial charge in [0.25, 0.3) is 0 Å². The van der Waals surface area contributed by atoms with Gasteiger partial charge in [-0.15, -0.1) is 0 Å². The first-order valence-corrected chi connectivity index (χ1v) is 10.8. The lowest BCUT2D eigenvalue weighted by molar-refractivity contribution is -0.162. The van der Waals surface area contributed by atoms with Crippen molar-refractivity contribution < 1.29 is 33.3 Å². The van der Waals surface area contributed by atoms with Crippen LogP contribution >= 0.6 is 0 Å². The molecule has 0 aromatic rings. The highest BCUT2D eigenvalue weighted by Crippen LogP contribution is 2.38. The first-order chi connectivity index (χ1) is 14.5. The Balaban J connectivity index is 1.39. The van der Waals surface area contributed by atoms with E-state index < -0.39 is 17.2 Å². The highest BCUT2D eigenvalue weighted by Gasteiger charge is 2.55. The fourth-order valence-electron chi connectivity index (χ4n) is 5.82. The van der Waals surface area contributed by atoms with E-state index in [0.717, 1.165) is 51.9 Å². The molecule has 9 nitrogen and oxygen atoms in total. The molecule has 0 spiro atoms. The Morgan fingerprint density at radius 2 is 1.13 bits per heavy atom. The second kappa shape index (κ2) is 8.53. The average Bonchev–Trinajstić information content (AvgIpc) is 2.77. The zero-order valence-corrected chi connectivity index (χ0v) is 17.9. The van der Waals surface area contributed by atoms with Crippen molar-refractivity contribution in [2.75, 3.05) is 66.8 Å². The van der Waals surface area contributed by atoms with Crippen molar-refractivity contribution in [1.29, 1.82) is 0 Å². The molecular weight excluding hydrogens is 392 g/mol. The number of carbonyl (C=O) groups excluding carboxylic acids is 3. The number of piperidine rings is 6. The lowest BCUT2D eigenvalue weighted by atomic mass is 9.74. The van der Waals surface area contributed by atoms with E-state index in [1.165, 1.54) is 0 Å². The molecule has 9 heteroatoms. The molecule has 6 fully saturated rings. The number of hydrogen-bond donors (Lipinski definition) is 0. The molecule has 6 aliphatic rings. The molecule has 0 aromatic carbocycles. The third-order valence-corrected chi connectivity index (χ3v) is 7.48. The molecule has 6 aliphatic heterocycles. The second-order valence-electron chi connectivity index (χ2n) is 9.01. The quantitative estimate of drug-likeness (QED) is 0.516. The number of fused-ring (bicyclic) bond motifs is 6. The maximum Gasteiger partial charge on any atom is 0.508 e. The van der Waals surface area contributed by atoms with Gasteiger partial charge in [0.15, 0.2) is 11.6 Å². The molecule has 0 amide bonds. The fourth-order valence-corrected chi connectivity index (χ4v) is 5.82. The summed E-state index contributed by atoms with van der Waals surface area (Å²) in [6, 6.07) is 0. The van der Waals surface area contributed by atoms with Crippen LogP contribution in [-0.2, 0) is 28.5 Å². The molecule has 6 saturated heterocycles. The van der Waals surface area contributed by atoms with E-state index in [0.29, 0.717) is 0 Å². The molecule has 4 bridgehead atoms. The van der Waals surface area contributed by atoms with Crippen LogP contribution in [0, 0.1) is 11.8 Å². The minimum Gasteiger partial charge on any atom is -0.432 e. The summed E-state index contributed by atoms with van der Waals surface area (Å²) in [6.45, 7) is 3.31. The van der Waals surface area contributed by atoms with Crippen LogP contribution in [0.25, 0.3) is 0 Å². The van der Waals surface area contributed by atoms with Crippen molar-refractivity contribution in [2.45, 2.75) is 36.8 Å². The maximum atomic E-state index is 13.0. The monoisotopic (exact) mass is 424 g/mol. The van der Waals surface area contributed by atoms with Crippen LogP contribution in [0.5, 0.6) is 0 Å². The normalized spacial score (nSPS) is 39.9. The van der Waals surface area contributed by atoms with Gasteiger partial charge in [-0.1, -0.05) is 0 Å². The Bertz CT molecular complexity index is 629. The van der Waals surface area contributed by atoms with Crippen molar-refractivity contribution in [2.24, 2.45) is 11.8 Å². The van der Waals surface area contributed by atoms with E-state index in [1.54, 1.807) is 14.2 Å². The zero-order chi connectivity index (χ0) is 21.4. The first kappa shape index (κ1) is 21.7. The van der Waals surface area contributed by atoms with Gasteiger partial charge in [-0.2, -0.15) is 0 Å². The molecule has 0 aromatic heterocycles. The van der Waals surface area contributed by atoms with Crippen LogP contribution in [0.15, 0.2) is 0 Å². The minimum absolute atomic E-state index is 0.00190. The number of carbonyl (C=O) groups is 3. The van der Waals surface area contributed by atoms with Gasteiger partial charge in [0.2, 0.25) is 0 Å². The van der Waals surface area contributed by atoms with Crippen LogP contribution in [0.3, 0.4) is 0 Å². The fraction of sp³-hybridized carbons (Fsp3) is 0.857. The molecule has 168 valence electrons. The van der Waals surface area contributed by atoms with Crippen LogP contribution < -0.4 is 0 Å². The van der Waals surface area contributed by atoms with Gasteiger partial charge in [-0.25, -0.2) is 4.79 Å². The summed E-state index contributed by atoms with van der Waals surface area (Å²) in [6.07, 6.45) is 2.49. The molecule has 0 unspecified atom stereocenters. The largest absolute Gasteiger partial charge is 0.508 e. The van der Waals surface area contributed by atoms with E-state index in [9.17, 15) is 14.4 Å². The third-order valence-electron chi connectivity index (χ3n) is 7.48. The second-order valence-corrected chi connectivity index (χ2v) is 9.01. The molecule has 30 heavy (non-hydrogen) atoms. The standard InChI is InChI=1S/C21H32N2O7/c1-27-11-20(17(24)15-3-7-22(20)8-4-15)13-29-19(26)30-14-21(12-28-2)18(25)16-5-9-23(21)10-6-16/h15-16H,3-14H2,1-2H3/t20-,21-/m1/s1. The number of hydrogen-bond acceptors (Lipinski definition) is 9. The van der Waals surface area contributed by atoms with Gasteiger partial charge >= 0.3 is 6.16 Å².